The maximum Gasteiger partial charge on any atom is 0.311 e. The van der Waals surface area contributed by atoms with Crippen LogP contribution < -0.4 is 4.74 Å². The molecule has 0 unspecified atom stereocenters. The second-order valence-electron chi connectivity index (χ2n) is 3.81. The molecule has 0 spiro atoms. The van der Waals surface area contributed by atoms with E-state index in [1.54, 1.807) is 0 Å². The lowest BCUT2D eigenvalue weighted by Crippen LogP contribution is -1.92. The predicted molar refractivity (Wildman–Crippen MR) is 66.7 cm³/mol. The van der Waals surface area contributed by atoms with Crippen molar-refractivity contribution in [3.05, 3.63) is 52.3 Å². The molecule has 0 saturated heterocycles. The molecule has 5 nitrogen and oxygen atoms in total. The number of methoxy groups -OCH3 is 1. The number of ether oxygens (including phenoxy) is 1. The van der Waals surface area contributed by atoms with Gasteiger partial charge < -0.3 is 9.84 Å². The summed E-state index contributed by atoms with van der Waals surface area (Å²) in [5.41, 5.74) is 0.329. The summed E-state index contributed by atoms with van der Waals surface area (Å²) in [5, 5.41) is 20.2. The van der Waals surface area contributed by atoms with Crippen molar-refractivity contribution >= 4 is 5.69 Å². The molecule has 0 saturated carbocycles. The first-order valence-electron chi connectivity index (χ1n) is 5.34. The van der Waals surface area contributed by atoms with E-state index in [9.17, 15) is 19.6 Å². The molecule has 0 aliphatic carbocycles. The molecule has 0 bridgehead atoms. The van der Waals surface area contributed by atoms with Gasteiger partial charge in [-0.2, -0.15) is 0 Å². The number of hydrogen-bond acceptors (Lipinski definition) is 4. The zero-order valence-corrected chi connectivity index (χ0v) is 9.96. The van der Waals surface area contributed by atoms with Gasteiger partial charge in [0.25, 0.3) is 0 Å². The van der Waals surface area contributed by atoms with Crippen molar-refractivity contribution in [1.82, 2.24) is 0 Å². The fraction of sp³-hybridized carbons (Fsp3) is 0.0769. The fourth-order valence-corrected chi connectivity index (χ4v) is 1.74. The lowest BCUT2D eigenvalue weighted by atomic mass is 10.0. The van der Waals surface area contributed by atoms with Gasteiger partial charge in [0.15, 0.2) is 5.75 Å². The van der Waals surface area contributed by atoms with Crippen LogP contribution in [0.3, 0.4) is 0 Å². The monoisotopic (exact) mass is 263 g/mol. The second kappa shape index (κ2) is 4.93. The summed E-state index contributed by atoms with van der Waals surface area (Å²) in [5.74, 6) is -0.531. The molecule has 0 aromatic heterocycles. The molecule has 0 atom stereocenters. The van der Waals surface area contributed by atoms with Crippen LogP contribution in [0.15, 0.2) is 36.4 Å². The number of benzene rings is 2. The van der Waals surface area contributed by atoms with Gasteiger partial charge in [0.1, 0.15) is 11.6 Å². The molecule has 0 aliphatic rings. The Labute approximate surface area is 108 Å². The van der Waals surface area contributed by atoms with Crippen molar-refractivity contribution in [2.24, 2.45) is 0 Å². The molecule has 0 amide bonds. The lowest BCUT2D eigenvalue weighted by molar-refractivity contribution is -0.385. The van der Waals surface area contributed by atoms with Crippen LogP contribution in [0.4, 0.5) is 10.1 Å². The van der Waals surface area contributed by atoms with Crippen LogP contribution in [0.2, 0.25) is 0 Å². The van der Waals surface area contributed by atoms with Gasteiger partial charge in [0.2, 0.25) is 0 Å². The number of phenolic OH excluding ortho intramolecular Hbond substituents is 1. The molecule has 2 aromatic rings. The third-order valence-corrected chi connectivity index (χ3v) is 2.64. The first-order valence-corrected chi connectivity index (χ1v) is 5.34. The van der Waals surface area contributed by atoms with Crippen molar-refractivity contribution in [2.75, 3.05) is 7.11 Å². The number of nitro benzene ring substituents is 1. The first-order chi connectivity index (χ1) is 9.02. The standard InChI is InChI=1S/C13H10FNO4/c1-19-13-5-3-9(14)7-10(13)8-2-4-12(16)11(6-8)15(17)18/h2-7,16H,1H3. The Morgan fingerprint density at radius 3 is 2.63 bits per heavy atom. The minimum atomic E-state index is -0.704. The van der Waals surface area contributed by atoms with Gasteiger partial charge in [-0.15, -0.1) is 0 Å². The second-order valence-corrected chi connectivity index (χ2v) is 3.81. The van der Waals surface area contributed by atoms with Crippen molar-refractivity contribution in [1.29, 1.82) is 0 Å². The summed E-state index contributed by atoms with van der Waals surface area (Å²) in [4.78, 5) is 10.1. The number of phenols is 1. The molecule has 2 rings (SSSR count). The number of rotatable bonds is 3. The highest BCUT2D eigenvalue weighted by Gasteiger charge is 2.16. The zero-order valence-electron chi connectivity index (χ0n) is 9.96. The van der Waals surface area contributed by atoms with Crippen LogP contribution in [0.1, 0.15) is 0 Å². The lowest BCUT2D eigenvalue weighted by Gasteiger charge is -2.09. The van der Waals surface area contributed by atoms with E-state index >= 15 is 0 Å². The summed E-state index contributed by atoms with van der Waals surface area (Å²) in [6.45, 7) is 0. The van der Waals surface area contributed by atoms with Crippen LogP contribution in [-0.4, -0.2) is 17.1 Å². The van der Waals surface area contributed by atoms with E-state index in [0.717, 1.165) is 0 Å². The molecular formula is C13H10FNO4. The number of aromatic hydroxyl groups is 1. The van der Waals surface area contributed by atoms with Gasteiger partial charge in [0, 0.05) is 11.6 Å². The van der Waals surface area contributed by atoms with Crippen LogP contribution in [-0.2, 0) is 0 Å². The third-order valence-electron chi connectivity index (χ3n) is 2.64. The van der Waals surface area contributed by atoms with Crippen LogP contribution >= 0.6 is 0 Å². The Kier molecular flexibility index (Phi) is 3.33. The topological polar surface area (TPSA) is 72.6 Å². The Hall–Kier alpha value is -2.63. The Morgan fingerprint density at radius 1 is 1.26 bits per heavy atom. The van der Waals surface area contributed by atoms with Gasteiger partial charge in [-0.3, -0.25) is 10.1 Å². The van der Waals surface area contributed by atoms with E-state index in [1.165, 1.54) is 43.5 Å². The number of halogens is 1. The largest absolute Gasteiger partial charge is 0.502 e. The molecule has 2 aromatic carbocycles. The van der Waals surface area contributed by atoms with E-state index in [1.807, 2.05) is 0 Å². The van der Waals surface area contributed by atoms with Gasteiger partial charge in [-0.1, -0.05) is 6.07 Å². The molecule has 0 fully saturated rings. The highest BCUT2D eigenvalue weighted by atomic mass is 19.1. The summed E-state index contributed by atoms with van der Waals surface area (Å²) in [7, 11) is 1.42. The SMILES string of the molecule is COc1ccc(F)cc1-c1ccc(O)c([N+](=O)[O-])c1. The van der Waals surface area contributed by atoms with Gasteiger partial charge >= 0.3 is 5.69 Å². The van der Waals surface area contributed by atoms with Crippen LogP contribution in [0.25, 0.3) is 11.1 Å². The average molecular weight is 263 g/mol. The van der Waals surface area contributed by atoms with Crippen molar-refractivity contribution in [3.63, 3.8) is 0 Å². The van der Waals surface area contributed by atoms with Gasteiger partial charge in [-0.05, 0) is 29.8 Å². The van der Waals surface area contributed by atoms with E-state index < -0.39 is 22.2 Å². The van der Waals surface area contributed by atoms with Crippen LogP contribution in [0.5, 0.6) is 11.5 Å². The van der Waals surface area contributed by atoms with Gasteiger partial charge in [0.05, 0.1) is 12.0 Å². The highest BCUT2D eigenvalue weighted by molar-refractivity contribution is 5.73. The summed E-state index contributed by atoms with van der Waals surface area (Å²) in [6.07, 6.45) is 0. The Balaban J connectivity index is 2.62. The number of nitrogens with zero attached hydrogens (tertiary/aromatic N) is 1. The summed E-state index contributed by atoms with van der Waals surface area (Å²) < 4.78 is 18.4. The Morgan fingerprint density at radius 2 is 2.00 bits per heavy atom. The molecule has 0 aliphatic heterocycles. The minimum absolute atomic E-state index is 0.380. The minimum Gasteiger partial charge on any atom is -0.502 e. The maximum absolute atomic E-state index is 13.3. The predicted octanol–water partition coefficient (Wildman–Crippen LogP) is 3.12. The first kappa shape index (κ1) is 12.8. The van der Waals surface area contributed by atoms with Crippen LogP contribution in [0, 0.1) is 15.9 Å². The number of hydrogen-bond donors (Lipinski definition) is 1. The molecule has 1 N–H and O–H groups in total. The van der Waals surface area contributed by atoms with Crippen molar-refractivity contribution in [2.45, 2.75) is 0 Å². The van der Waals surface area contributed by atoms with E-state index in [0.29, 0.717) is 16.9 Å². The smallest absolute Gasteiger partial charge is 0.311 e. The van der Waals surface area contributed by atoms with Gasteiger partial charge in [-0.25, -0.2) is 4.39 Å². The molecular weight excluding hydrogens is 253 g/mol. The van der Waals surface area contributed by atoms with E-state index in [-0.39, 0.29) is 0 Å². The van der Waals surface area contributed by atoms with Crippen molar-refractivity contribution < 1.29 is 19.2 Å². The normalized spacial score (nSPS) is 10.2. The molecule has 0 radical (unpaired) electrons. The highest BCUT2D eigenvalue weighted by Crippen LogP contribution is 2.35. The number of nitro groups is 1. The third kappa shape index (κ3) is 2.47. The van der Waals surface area contributed by atoms with E-state index in [4.69, 9.17) is 4.74 Å². The molecule has 6 heteroatoms. The fourth-order valence-electron chi connectivity index (χ4n) is 1.74. The quantitative estimate of drug-likeness (QED) is 0.682. The van der Waals surface area contributed by atoms with E-state index in [2.05, 4.69) is 0 Å². The molecule has 0 heterocycles. The zero-order chi connectivity index (χ0) is 14.0. The summed E-state index contributed by atoms with van der Waals surface area (Å²) in [6, 6.07) is 7.71. The summed E-state index contributed by atoms with van der Waals surface area (Å²) >= 11 is 0. The molecule has 19 heavy (non-hydrogen) atoms. The Bertz CT molecular complexity index is 643. The molecule has 98 valence electrons. The maximum atomic E-state index is 13.3. The van der Waals surface area contributed by atoms with Crippen molar-refractivity contribution in [3.8, 4) is 22.6 Å². The average Bonchev–Trinajstić information content (AvgIpc) is 2.39.